The lowest BCUT2D eigenvalue weighted by Crippen LogP contribution is -2.42. The molecule has 110 valence electrons. The van der Waals surface area contributed by atoms with Gasteiger partial charge in [-0.25, -0.2) is 0 Å². The fraction of sp³-hybridized carbons (Fsp3) is 0.375. The van der Waals surface area contributed by atoms with E-state index in [9.17, 15) is 5.11 Å². The third kappa shape index (κ3) is 5.27. The van der Waals surface area contributed by atoms with Crippen molar-refractivity contribution < 1.29 is 19.7 Å². The van der Waals surface area contributed by atoms with Crippen molar-refractivity contribution >= 4 is 0 Å². The first-order valence-electron chi connectivity index (χ1n) is 6.52. The van der Waals surface area contributed by atoms with Crippen molar-refractivity contribution in [1.29, 1.82) is 0 Å². The van der Waals surface area contributed by atoms with Crippen molar-refractivity contribution in [2.24, 2.45) is 0 Å². The van der Waals surface area contributed by atoms with Crippen molar-refractivity contribution in [3.8, 4) is 0 Å². The molecule has 1 unspecified atom stereocenters. The van der Waals surface area contributed by atoms with E-state index in [1.807, 2.05) is 30.3 Å². The molecular formula is C16H22O4. The molecule has 3 atom stereocenters. The number of hydrogen-bond acceptors (Lipinski definition) is 4. The van der Waals surface area contributed by atoms with Crippen molar-refractivity contribution in [1.82, 2.24) is 0 Å². The molecule has 0 bridgehead atoms. The zero-order valence-corrected chi connectivity index (χ0v) is 11.5. The molecule has 4 nitrogen and oxygen atoms in total. The van der Waals surface area contributed by atoms with Gasteiger partial charge in [-0.3, -0.25) is 0 Å². The van der Waals surface area contributed by atoms with Crippen LogP contribution in [0.15, 0.2) is 55.6 Å². The lowest BCUT2D eigenvalue weighted by Gasteiger charge is -2.28. The van der Waals surface area contributed by atoms with Crippen LogP contribution in [0.2, 0.25) is 0 Å². The maximum absolute atomic E-state index is 9.81. The minimum Gasteiger partial charge on any atom is -0.394 e. The van der Waals surface area contributed by atoms with E-state index in [-0.39, 0.29) is 6.61 Å². The summed E-state index contributed by atoms with van der Waals surface area (Å²) >= 11 is 0. The monoisotopic (exact) mass is 278 g/mol. The second kappa shape index (κ2) is 9.44. The number of aliphatic hydroxyl groups is 2. The van der Waals surface area contributed by atoms with Crippen LogP contribution in [0.25, 0.3) is 0 Å². The van der Waals surface area contributed by atoms with Gasteiger partial charge in [0.2, 0.25) is 0 Å². The Morgan fingerprint density at radius 3 is 2.40 bits per heavy atom. The first-order chi connectivity index (χ1) is 9.72. The zero-order valence-electron chi connectivity index (χ0n) is 11.5. The lowest BCUT2D eigenvalue weighted by molar-refractivity contribution is -0.114. The maximum atomic E-state index is 9.81. The quantitative estimate of drug-likeness (QED) is 0.639. The summed E-state index contributed by atoms with van der Waals surface area (Å²) in [6, 6.07) is 9.68. The Hall–Kier alpha value is -1.46. The molecule has 2 N–H and O–H groups in total. The zero-order chi connectivity index (χ0) is 14.8. The Balaban J connectivity index is 2.64. The summed E-state index contributed by atoms with van der Waals surface area (Å²) in [5, 5.41) is 18.9. The lowest BCUT2D eigenvalue weighted by atomic mass is 10.1. The molecule has 4 heteroatoms. The smallest absolute Gasteiger partial charge is 0.116 e. The average molecular weight is 278 g/mol. The van der Waals surface area contributed by atoms with E-state index in [1.54, 1.807) is 12.2 Å². The van der Waals surface area contributed by atoms with Gasteiger partial charge in [-0.2, -0.15) is 0 Å². The van der Waals surface area contributed by atoms with E-state index < -0.39 is 24.9 Å². The summed E-state index contributed by atoms with van der Waals surface area (Å²) in [4.78, 5) is 0. The molecular weight excluding hydrogens is 256 g/mol. The fourth-order valence-corrected chi connectivity index (χ4v) is 1.77. The molecule has 0 heterocycles. The van der Waals surface area contributed by atoms with Gasteiger partial charge in [0.05, 0.1) is 19.8 Å². The number of hydrogen-bond donors (Lipinski definition) is 2. The normalized spacial score (nSPS) is 15.3. The number of benzene rings is 1. The minimum atomic E-state index is -1.03. The Labute approximate surface area is 120 Å². The summed E-state index contributed by atoms with van der Waals surface area (Å²) < 4.78 is 11.2. The van der Waals surface area contributed by atoms with E-state index in [0.717, 1.165) is 5.56 Å². The van der Waals surface area contributed by atoms with Gasteiger partial charge in [-0.15, -0.1) is 13.2 Å². The Morgan fingerprint density at radius 2 is 1.85 bits per heavy atom. The van der Waals surface area contributed by atoms with Crippen molar-refractivity contribution in [3.05, 3.63) is 61.2 Å². The van der Waals surface area contributed by atoms with Crippen LogP contribution in [-0.2, 0) is 16.1 Å². The van der Waals surface area contributed by atoms with Crippen LogP contribution in [0, 0.1) is 0 Å². The molecule has 1 aromatic carbocycles. The molecule has 0 aliphatic heterocycles. The fourth-order valence-electron chi connectivity index (χ4n) is 1.77. The highest BCUT2D eigenvalue weighted by molar-refractivity contribution is 5.13. The summed E-state index contributed by atoms with van der Waals surface area (Å²) in [6.45, 7) is 7.50. The van der Waals surface area contributed by atoms with E-state index in [0.29, 0.717) is 6.61 Å². The molecule has 1 rings (SSSR count). The standard InChI is InChI=1S/C16H22O4/c1-3-10-19-16(14(18)11-17)15(4-2)20-12-13-8-6-5-7-9-13/h3-9,14-18H,1-2,10-12H2/t14?,15-,16-/m1/s1. The molecule has 0 amide bonds. The number of ether oxygens (including phenoxy) is 2. The minimum absolute atomic E-state index is 0.265. The molecule has 0 aromatic heterocycles. The van der Waals surface area contributed by atoms with Crippen molar-refractivity contribution in [2.75, 3.05) is 13.2 Å². The summed E-state index contributed by atoms with van der Waals surface area (Å²) in [7, 11) is 0. The predicted octanol–water partition coefficient (Wildman–Crippen LogP) is 1.68. The van der Waals surface area contributed by atoms with Crippen LogP contribution in [0.1, 0.15) is 5.56 Å². The Morgan fingerprint density at radius 1 is 1.15 bits per heavy atom. The van der Waals surface area contributed by atoms with Gasteiger partial charge in [-0.1, -0.05) is 42.5 Å². The van der Waals surface area contributed by atoms with Crippen LogP contribution in [0.4, 0.5) is 0 Å². The largest absolute Gasteiger partial charge is 0.394 e. The third-order valence-electron chi connectivity index (χ3n) is 2.81. The Bertz CT molecular complexity index is 391. The highest BCUT2D eigenvalue weighted by atomic mass is 16.5. The van der Waals surface area contributed by atoms with Crippen molar-refractivity contribution in [3.63, 3.8) is 0 Å². The SMILES string of the molecule is C=CCO[C@H](C(O)CO)[C@@H](C=C)OCc1ccccc1. The molecule has 0 aliphatic rings. The highest BCUT2D eigenvalue weighted by Gasteiger charge is 2.27. The van der Waals surface area contributed by atoms with Crippen LogP contribution in [0.5, 0.6) is 0 Å². The molecule has 0 fully saturated rings. The van der Waals surface area contributed by atoms with Gasteiger partial charge in [-0.05, 0) is 5.56 Å². The molecule has 20 heavy (non-hydrogen) atoms. The van der Waals surface area contributed by atoms with E-state index in [1.165, 1.54) is 0 Å². The van der Waals surface area contributed by atoms with Crippen LogP contribution in [-0.4, -0.2) is 41.7 Å². The summed E-state index contributed by atoms with van der Waals surface area (Å²) in [5.74, 6) is 0. The highest BCUT2D eigenvalue weighted by Crippen LogP contribution is 2.13. The Kier molecular flexibility index (Phi) is 7.84. The molecule has 0 aliphatic carbocycles. The summed E-state index contributed by atoms with van der Waals surface area (Å²) in [6.07, 6.45) is 0.912. The van der Waals surface area contributed by atoms with Crippen molar-refractivity contribution in [2.45, 2.75) is 24.9 Å². The molecule has 1 aromatic rings. The van der Waals surface area contributed by atoms with Gasteiger partial charge in [0.25, 0.3) is 0 Å². The second-order valence-electron chi connectivity index (χ2n) is 4.33. The first-order valence-corrected chi connectivity index (χ1v) is 6.52. The van der Waals surface area contributed by atoms with E-state index in [4.69, 9.17) is 14.6 Å². The van der Waals surface area contributed by atoms with Gasteiger partial charge in [0.1, 0.15) is 18.3 Å². The van der Waals surface area contributed by atoms with Gasteiger partial charge < -0.3 is 19.7 Å². The molecule has 0 saturated carbocycles. The van der Waals surface area contributed by atoms with E-state index in [2.05, 4.69) is 13.2 Å². The third-order valence-corrected chi connectivity index (χ3v) is 2.81. The van der Waals surface area contributed by atoms with Gasteiger partial charge in [0.15, 0.2) is 0 Å². The maximum Gasteiger partial charge on any atom is 0.116 e. The molecule has 0 radical (unpaired) electrons. The first kappa shape index (κ1) is 16.6. The number of rotatable bonds is 10. The topological polar surface area (TPSA) is 58.9 Å². The van der Waals surface area contributed by atoms with Gasteiger partial charge >= 0.3 is 0 Å². The predicted molar refractivity (Wildman–Crippen MR) is 78.2 cm³/mol. The molecule has 0 spiro atoms. The summed E-state index contributed by atoms with van der Waals surface area (Å²) in [5.41, 5.74) is 1.01. The number of aliphatic hydroxyl groups excluding tert-OH is 2. The van der Waals surface area contributed by atoms with Crippen LogP contribution in [0.3, 0.4) is 0 Å². The van der Waals surface area contributed by atoms with Crippen LogP contribution < -0.4 is 0 Å². The molecule has 0 saturated heterocycles. The van der Waals surface area contributed by atoms with Crippen LogP contribution >= 0.6 is 0 Å². The average Bonchev–Trinajstić information content (AvgIpc) is 2.50. The van der Waals surface area contributed by atoms with E-state index >= 15 is 0 Å². The second-order valence-corrected chi connectivity index (χ2v) is 4.33. The van der Waals surface area contributed by atoms with Gasteiger partial charge in [0, 0.05) is 0 Å².